The fourth-order valence-corrected chi connectivity index (χ4v) is 2.10. The van der Waals surface area contributed by atoms with Gasteiger partial charge in [0.2, 0.25) is 5.88 Å². The fourth-order valence-electron chi connectivity index (χ4n) is 2.10. The lowest BCUT2D eigenvalue weighted by Crippen LogP contribution is -2.29. The van der Waals surface area contributed by atoms with E-state index in [9.17, 15) is 0 Å². The van der Waals surface area contributed by atoms with Crippen LogP contribution < -0.4 is 10.2 Å². The average Bonchev–Trinajstić information content (AvgIpc) is 3.22. The van der Waals surface area contributed by atoms with Gasteiger partial charge in [0.05, 0.1) is 6.61 Å². The highest BCUT2D eigenvalue weighted by Crippen LogP contribution is 2.34. The Morgan fingerprint density at radius 1 is 1.16 bits per heavy atom. The monoisotopic (exact) mass is 263 g/mol. The van der Waals surface area contributed by atoms with Crippen LogP contribution in [0.1, 0.15) is 44.9 Å². The molecule has 1 saturated carbocycles. The van der Waals surface area contributed by atoms with E-state index in [2.05, 4.69) is 4.98 Å². The van der Waals surface area contributed by atoms with E-state index >= 15 is 0 Å². The Labute approximate surface area is 115 Å². The number of hydrogen-bond acceptors (Lipinski definition) is 4. The van der Waals surface area contributed by atoms with Crippen molar-refractivity contribution in [2.24, 2.45) is 5.92 Å². The van der Waals surface area contributed by atoms with Gasteiger partial charge in [0.25, 0.3) is 0 Å². The summed E-state index contributed by atoms with van der Waals surface area (Å²) in [7, 11) is -1.46. The van der Waals surface area contributed by atoms with Gasteiger partial charge < -0.3 is 14.8 Å². The van der Waals surface area contributed by atoms with Crippen LogP contribution in [0.5, 0.6) is 5.88 Å². The van der Waals surface area contributed by atoms with Crippen molar-refractivity contribution in [3.8, 4) is 5.88 Å². The van der Waals surface area contributed by atoms with Crippen LogP contribution >= 0.6 is 0 Å². The maximum absolute atomic E-state index is 8.93. The third-order valence-corrected chi connectivity index (χ3v) is 3.51. The maximum atomic E-state index is 8.93. The van der Waals surface area contributed by atoms with Crippen LogP contribution in [0, 0.1) is 5.92 Å². The zero-order valence-corrected chi connectivity index (χ0v) is 11.3. The summed E-state index contributed by atoms with van der Waals surface area (Å²) in [4.78, 5) is 4.02. The predicted molar refractivity (Wildman–Crippen MR) is 75.4 cm³/mol. The van der Waals surface area contributed by atoms with Crippen molar-refractivity contribution in [1.82, 2.24) is 4.98 Å². The molecule has 1 aliphatic rings. The Kier molecular flexibility index (Phi) is 5.67. The summed E-state index contributed by atoms with van der Waals surface area (Å²) in [6.45, 7) is 0.678. The molecule has 2 rings (SSSR count). The molecule has 0 bridgehead atoms. The molecule has 0 unspecified atom stereocenters. The molecule has 0 spiro atoms. The van der Waals surface area contributed by atoms with Gasteiger partial charge >= 0.3 is 7.12 Å². The molecule has 0 amide bonds. The second-order valence-corrected chi connectivity index (χ2v) is 5.30. The molecule has 0 radical (unpaired) electrons. The minimum absolute atomic E-state index is 0.382. The largest absolute Gasteiger partial charge is 0.490 e. The zero-order valence-electron chi connectivity index (χ0n) is 11.3. The number of ether oxygens (including phenoxy) is 1. The molecule has 0 saturated heterocycles. The molecule has 1 fully saturated rings. The average molecular weight is 263 g/mol. The van der Waals surface area contributed by atoms with Gasteiger partial charge in [-0.2, -0.15) is 0 Å². The van der Waals surface area contributed by atoms with Gasteiger partial charge in [-0.05, 0) is 18.4 Å². The Morgan fingerprint density at radius 3 is 2.58 bits per heavy atom. The Balaban J connectivity index is 1.52. The summed E-state index contributed by atoms with van der Waals surface area (Å²) in [5.41, 5.74) is 0.382. The summed E-state index contributed by atoms with van der Waals surface area (Å²) in [6.07, 6.45) is 10.6. The minimum Gasteiger partial charge on any atom is -0.478 e. The van der Waals surface area contributed by atoms with Crippen LogP contribution in [0.4, 0.5) is 0 Å². The molecule has 2 N–H and O–H groups in total. The van der Waals surface area contributed by atoms with Gasteiger partial charge in [0.1, 0.15) is 0 Å². The summed E-state index contributed by atoms with van der Waals surface area (Å²) in [6, 6.07) is 3.28. The second-order valence-electron chi connectivity index (χ2n) is 5.30. The van der Waals surface area contributed by atoms with E-state index in [0.29, 0.717) is 17.9 Å². The van der Waals surface area contributed by atoms with E-state index in [1.54, 1.807) is 12.1 Å². The molecule has 1 aromatic rings. The quantitative estimate of drug-likeness (QED) is 0.523. The topological polar surface area (TPSA) is 62.6 Å². The predicted octanol–water partition coefficient (Wildman–Crippen LogP) is 1.50. The van der Waals surface area contributed by atoms with Crippen LogP contribution in [-0.2, 0) is 0 Å². The van der Waals surface area contributed by atoms with Gasteiger partial charge in [-0.25, -0.2) is 4.98 Å². The Bertz CT molecular complexity index is 365. The first-order chi connectivity index (χ1) is 9.25. The third kappa shape index (κ3) is 5.62. The van der Waals surface area contributed by atoms with Crippen molar-refractivity contribution in [1.29, 1.82) is 0 Å². The van der Waals surface area contributed by atoms with Gasteiger partial charge in [0, 0.05) is 11.7 Å². The Hall–Kier alpha value is -1.07. The number of rotatable bonds is 9. The fraction of sp³-hybridized carbons (Fsp3) is 0.643. The molecular weight excluding hydrogens is 241 g/mol. The first-order valence-corrected chi connectivity index (χ1v) is 7.20. The highest BCUT2D eigenvalue weighted by Gasteiger charge is 2.19. The number of hydrogen-bond donors (Lipinski definition) is 2. The highest BCUT2D eigenvalue weighted by molar-refractivity contribution is 6.58. The van der Waals surface area contributed by atoms with E-state index in [-0.39, 0.29) is 0 Å². The van der Waals surface area contributed by atoms with Crippen molar-refractivity contribution >= 4 is 12.6 Å². The summed E-state index contributed by atoms with van der Waals surface area (Å²) >= 11 is 0. The lowest BCUT2D eigenvalue weighted by Gasteiger charge is -2.06. The SMILES string of the molecule is OB(O)c1ccc(OCCCCCCC2CC2)nc1. The summed E-state index contributed by atoms with van der Waals surface area (Å²) in [5, 5.41) is 17.9. The van der Waals surface area contributed by atoms with Gasteiger partial charge in [-0.1, -0.05) is 44.6 Å². The molecular formula is C14H22BNO3. The molecule has 1 aliphatic carbocycles. The van der Waals surface area contributed by atoms with E-state index in [0.717, 1.165) is 12.3 Å². The van der Waals surface area contributed by atoms with E-state index in [4.69, 9.17) is 14.8 Å². The van der Waals surface area contributed by atoms with Crippen molar-refractivity contribution in [2.75, 3.05) is 6.61 Å². The van der Waals surface area contributed by atoms with Crippen LogP contribution in [0.2, 0.25) is 0 Å². The normalized spacial score (nSPS) is 14.4. The van der Waals surface area contributed by atoms with Gasteiger partial charge in [-0.15, -0.1) is 0 Å². The number of unbranched alkanes of at least 4 members (excludes halogenated alkanes) is 3. The van der Waals surface area contributed by atoms with Crippen molar-refractivity contribution in [3.05, 3.63) is 18.3 Å². The van der Waals surface area contributed by atoms with Crippen molar-refractivity contribution in [3.63, 3.8) is 0 Å². The highest BCUT2D eigenvalue weighted by atomic mass is 16.5. The molecule has 1 heterocycles. The number of pyridine rings is 1. The molecule has 19 heavy (non-hydrogen) atoms. The van der Waals surface area contributed by atoms with Gasteiger partial charge in [0.15, 0.2) is 0 Å². The molecule has 1 aromatic heterocycles. The lowest BCUT2D eigenvalue weighted by atomic mass is 9.82. The van der Waals surface area contributed by atoms with Crippen LogP contribution in [-0.4, -0.2) is 28.8 Å². The van der Waals surface area contributed by atoms with E-state index < -0.39 is 7.12 Å². The standard InChI is InChI=1S/C14H22BNO3/c17-15(18)13-8-9-14(16-11-13)19-10-4-2-1-3-5-12-6-7-12/h8-9,11-12,17-18H,1-7,10H2. The second kappa shape index (κ2) is 7.51. The maximum Gasteiger partial charge on any atom is 0.490 e. The third-order valence-electron chi connectivity index (χ3n) is 3.51. The Morgan fingerprint density at radius 2 is 1.95 bits per heavy atom. The lowest BCUT2D eigenvalue weighted by molar-refractivity contribution is 0.293. The minimum atomic E-state index is -1.46. The van der Waals surface area contributed by atoms with E-state index in [1.807, 2.05) is 0 Å². The van der Waals surface area contributed by atoms with Crippen molar-refractivity contribution < 1.29 is 14.8 Å². The summed E-state index contributed by atoms with van der Waals surface area (Å²) in [5.74, 6) is 1.59. The smallest absolute Gasteiger partial charge is 0.478 e. The molecule has 104 valence electrons. The molecule has 0 aromatic carbocycles. The molecule has 4 nitrogen and oxygen atoms in total. The summed E-state index contributed by atoms with van der Waals surface area (Å²) < 4.78 is 5.51. The zero-order chi connectivity index (χ0) is 13.5. The van der Waals surface area contributed by atoms with E-state index in [1.165, 1.54) is 44.7 Å². The van der Waals surface area contributed by atoms with Crippen molar-refractivity contribution in [2.45, 2.75) is 44.9 Å². The molecule has 0 atom stereocenters. The van der Waals surface area contributed by atoms with Crippen LogP contribution in [0.15, 0.2) is 18.3 Å². The molecule has 0 aliphatic heterocycles. The van der Waals surface area contributed by atoms with Crippen LogP contribution in [0.3, 0.4) is 0 Å². The van der Waals surface area contributed by atoms with Crippen LogP contribution in [0.25, 0.3) is 0 Å². The molecule has 5 heteroatoms. The number of aromatic nitrogens is 1. The first kappa shape index (κ1) is 14.3. The van der Waals surface area contributed by atoms with Gasteiger partial charge in [-0.3, -0.25) is 0 Å². The number of nitrogens with zero attached hydrogens (tertiary/aromatic N) is 1. The first-order valence-electron chi connectivity index (χ1n) is 7.20.